The van der Waals surface area contributed by atoms with Gasteiger partial charge in [-0.25, -0.2) is 0 Å². The summed E-state index contributed by atoms with van der Waals surface area (Å²) < 4.78 is 5.47. The highest BCUT2D eigenvalue weighted by atomic mass is 32.2. The molecule has 0 fully saturated rings. The first-order valence-corrected chi connectivity index (χ1v) is 6.81. The molecule has 0 amide bonds. The van der Waals surface area contributed by atoms with Crippen molar-refractivity contribution < 1.29 is 9.84 Å². The van der Waals surface area contributed by atoms with E-state index in [0.29, 0.717) is 11.9 Å². The zero-order chi connectivity index (χ0) is 11.5. The minimum Gasteiger partial charge on any atom is -0.494 e. The Morgan fingerprint density at radius 1 is 1.50 bits per heavy atom. The maximum Gasteiger partial charge on any atom is 0.119 e. The van der Waals surface area contributed by atoms with Crippen LogP contribution >= 0.6 is 11.8 Å². The van der Waals surface area contributed by atoms with E-state index >= 15 is 0 Å². The van der Waals surface area contributed by atoms with Gasteiger partial charge in [-0.15, -0.1) is 0 Å². The molecule has 2 rings (SSSR count). The van der Waals surface area contributed by atoms with Gasteiger partial charge in [-0.05, 0) is 36.6 Å². The summed E-state index contributed by atoms with van der Waals surface area (Å²) in [5.41, 5.74) is 2.29. The average molecular weight is 238 g/mol. The SMILES string of the molecule is CCOc1ccc2c(c1)[C@H](O)CC(C)SC2. The summed E-state index contributed by atoms with van der Waals surface area (Å²) in [7, 11) is 0. The Morgan fingerprint density at radius 3 is 3.06 bits per heavy atom. The first-order valence-electron chi connectivity index (χ1n) is 5.76. The first kappa shape index (κ1) is 11.8. The summed E-state index contributed by atoms with van der Waals surface area (Å²) in [6.45, 7) is 4.81. The third-order valence-electron chi connectivity index (χ3n) is 2.87. The van der Waals surface area contributed by atoms with Crippen molar-refractivity contribution in [2.75, 3.05) is 6.61 Å². The maximum atomic E-state index is 10.1. The summed E-state index contributed by atoms with van der Waals surface area (Å²) >= 11 is 1.90. The van der Waals surface area contributed by atoms with Gasteiger partial charge in [-0.2, -0.15) is 11.8 Å². The number of thioether (sulfide) groups is 1. The van der Waals surface area contributed by atoms with Crippen LogP contribution < -0.4 is 4.74 Å². The molecular weight excluding hydrogens is 220 g/mol. The minimum absolute atomic E-state index is 0.347. The summed E-state index contributed by atoms with van der Waals surface area (Å²) in [6, 6.07) is 6.06. The molecule has 1 heterocycles. The van der Waals surface area contributed by atoms with E-state index < -0.39 is 0 Å². The molecule has 1 N–H and O–H groups in total. The largest absolute Gasteiger partial charge is 0.494 e. The Hall–Kier alpha value is -0.670. The van der Waals surface area contributed by atoms with Crippen molar-refractivity contribution >= 4 is 11.8 Å². The second-order valence-corrected chi connectivity index (χ2v) is 5.59. The smallest absolute Gasteiger partial charge is 0.119 e. The lowest BCUT2D eigenvalue weighted by Crippen LogP contribution is -2.04. The van der Waals surface area contributed by atoms with Crippen molar-refractivity contribution in [3.05, 3.63) is 29.3 Å². The zero-order valence-electron chi connectivity index (χ0n) is 9.77. The number of ether oxygens (including phenoxy) is 1. The lowest BCUT2D eigenvalue weighted by atomic mass is 10.00. The second kappa shape index (κ2) is 5.11. The highest BCUT2D eigenvalue weighted by Crippen LogP contribution is 2.36. The van der Waals surface area contributed by atoms with Gasteiger partial charge in [0.15, 0.2) is 0 Å². The molecule has 0 radical (unpaired) electrons. The first-order chi connectivity index (χ1) is 7.70. The van der Waals surface area contributed by atoms with Crippen LogP contribution in [-0.4, -0.2) is 17.0 Å². The molecule has 0 aromatic heterocycles. The molecule has 2 nitrogen and oxygen atoms in total. The summed E-state index contributed by atoms with van der Waals surface area (Å²) in [6.07, 6.45) is 0.480. The Morgan fingerprint density at radius 2 is 2.31 bits per heavy atom. The van der Waals surface area contributed by atoms with Crippen molar-refractivity contribution in [1.29, 1.82) is 0 Å². The summed E-state index contributed by atoms with van der Waals surface area (Å²) in [5, 5.41) is 10.6. The van der Waals surface area contributed by atoms with Gasteiger partial charge in [0.05, 0.1) is 12.7 Å². The van der Waals surface area contributed by atoms with Crippen LogP contribution in [0.4, 0.5) is 0 Å². The fourth-order valence-corrected chi connectivity index (χ4v) is 3.06. The van der Waals surface area contributed by atoms with Crippen molar-refractivity contribution in [3.8, 4) is 5.75 Å². The fraction of sp³-hybridized carbons (Fsp3) is 0.538. The summed E-state index contributed by atoms with van der Waals surface area (Å²) in [5.74, 6) is 1.85. The molecule has 0 aliphatic carbocycles. The highest BCUT2D eigenvalue weighted by molar-refractivity contribution is 7.99. The van der Waals surface area contributed by atoms with E-state index in [1.54, 1.807) is 0 Å². The topological polar surface area (TPSA) is 29.5 Å². The van der Waals surface area contributed by atoms with Crippen LogP contribution in [-0.2, 0) is 5.75 Å². The van der Waals surface area contributed by atoms with Gasteiger partial charge in [-0.1, -0.05) is 13.0 Å². The number of benzene rings is 1. The normalized spacial score (nSPS) is 24.7. The predicted molar refractivity (Wildman–Crippen MR) is 67.9 cm³/mol. The molecule has 16 heavy (non-hydrogen) atoms. The van der Waals surface area contributed by atoms with Gasteiger partial charge in [0, 0.05) is 11.0 Å². The molecule has 1 unspecified atom stereocenters. The van der Waals surface area contributed by atoms with Gasteiger partial charge in [0.2, 0.25) is 0 Å². The maximum absolute atomic E-state index is 10.1. The Balaban J connectivity index is 2.30. The van der Waals surface area contributed by atoms with E-state index in [9.17, 15) is 5.11 Å². The van der Waals surface area contributed by atoms with Crippen LogP contribution in [0.25, 0.3) is 0 Å². The standard InChI is InChI=1S/C13H18O2S/c1-3-15-11-5-4-10-8-16-9(2)6-13(14)12(10)7-11/h4-5,7,9,13-14H,3,6,8H2,1-2H3/t9?,13-/m1/s1. The van der Waals surface area contributed by atoms with E-state index in [1.807, 2.05) is 30.8 Å². The lowest BCUT2D eigenvalue weighted by molar-refractivity contribution is 0.168. The number of aliphatic hydroxyl groups is 1. The quantitative estimate of drug-likeness (QED) is 0.858. The molecule has 88 valence electrons. The molecule has 0 saturated carbocycles. The van der Waals surface area contributed by atoms with Crippen LogP contribution in [0.2, 0.25) is 0 Å². The van der Waals surface area contributed by atoms with Crippen molar-refractivity contribution in [1.82, 2.24) is 0 Å². The average Bonchev–Trinajstić information content (AvgIpc) is 2.40. The predicted octanol–water partition coefficient (Wildman–Crippen LogP) is 3.14. The molecule has 3 heteroatoms. The van der Waals surface area contributed by atoms with Gasteiger partial charge in [-0.3, -0.25) is 0 Å². The molecule has 1 aromatic carbocycles. The highest BCUT2D eigenvalue weighted by Gasteiger charge is 2.21. The Labute approximate surface area is 101 Å². The van der Waals surface area contributed by atoms with Gasteiger partial charge in [0.25, 0.3) is 0 Å². The number of hydrogen-bond donors (Lipinski definition) is 1. The van der Waals surface area contributed by atoms with E-state index in [-0.39, 0.29) is 6.10 Å². The number of hydrogen-bond acceptors (Lipinski definition) is 3. The van der Waals surface area contributed by atoms with Crippen LogP contribution in [0.15, 0.2) is 18.2 Å². The molecule has 1 aliphatic rings. The van der Waals surface area contributed by atoms with Crippen molar-refractivity contribution in [3.63, 3.8) is 0 Å². The second-order valence-electron chi connectivity index (χ2n) is 4.17. The third kappa shape index (κ3) is 2.53. The third-order valence-corrected chi connectivity index (χ3v) is 4.11. The molecular formula is C13H18O2S. The number of fused-ring (bicyclic) bond motifs is 1. The van der Waals surface area contributed by atoms with E-state index in [4.69, 9.17) is 4.74 Å². The Bertz CT molecular complexity index is 365. The van der Waals surface area contributed by atoms with E-state index in [1.165, 1.54) is 5.56 Å². The molecule has 2 atom stereocenters. The number of rotatable bonds is 2. The van der Waals surface area contributed by atoms with Crippen molar-refractivity contribution in [2.24, 2.45) is 0 Å². The molecule has 1 aromatic rings. The monoisotopic (exact) mass is 238 g/mol. The zero-order valence-corrected chi connectivity index (χ0v) is 10.6. The van der Waals surface area contributed by atoms with Crippen molar-refractivity contribution in [2.45, 2.75) is 37.4 Å². The lowest BCUT2D eigenvalue weighted by Gasteiger charge is -2.14. The Kier molecular flexibility index (Phi) is 3.77. The van der Waals surface area contributed by atoms with Crippen LogP contribution in [0.1, 0.15) is 37.5 Å². The molecule has 0 saturated heterocycles. The van der Waals surface area contributed by atoms with Gasteiger partial charge >= 0.3 is 0 Å². The van der Waals surface area contributed by atoms with Crippen LogP contribution in [0, 0.1) is 0 Å². The molecule has 0 spiro atoms. The van der Waals surface area contributed by atoms with Gasteiger partial charge in [0.1, 0.15) is 5.75 Å². The fourth-order valence-electron chi connectivity index (χ4n) is 2.01. The van der Waals surface area contributed by atoms with E-state index in [2.05, 4.69) is 13.0 Å². The van der Waals surface area contributed by atoms with E-state index in [0.717, 1.165) is 23.5 Å². The van der Waals surface area contributed by atoms with Gasteiger partial charge < -0.3 is 9.84 Å². The minimum atomic E-state index is -0.347. The number of aliphatic hydroxyl groups excluding tert-OH is 1. The molecule has 0 bridgehead atoms. The van der Waals surface area contributed by atoms with Crippen LogP contribution in [0.5, 0.6) is 5.75 Å². The summed E-state index contributed by atoms with van der Waals surface area (Å²) in [4.78, 5) is 0. The van der Waals surface area contributed by atoms with Crippen LogP contribution in [0.3, 0.4) is 0 Å². The molecule has 1 aliphatic heterocycles.